The summed E-state index contributed by atoms with van der Waals surface area (Å²) in [5, 5.41) is 16.9. The summed E-state index contributed by atoms with van der Waals surface area (Å²) in [6.07, 6.45) is 7.31. The molecule has 3 aromatic rings. The van der Waals surface area contributed by atoms with Crippen LogP contribution in [-0.4, -0.2) is 22.1 Å². The minimum Gasteiger partial charge on any atom is -0.478 e. The molecule has 2 aromatic carbocycles. The molecule has 1 saturated carbocycles. The molecule has 0 saturated heterocycles. The van der Waals surface area contributed by atoms with Gasteiger partial charge in [0.05, 0.1) is 5.56 Å². The molecule has 0 bridgehead atoms. The van der Waals surface area contributed by atoms with E-state index in [0.717, 1.165) is 27.2 Å². The van der Waals surface area contributed by atoms with Crippen molar-refractivity contribution in [3.05, 3.63) is 48.3 Å². The number of rotatable bonds is 3. The van der Waals surface area contributed by atoms with Gasteiger partial charge in [0.15, 0.2) is 0 Å². The van der Waals surface area contributed by atoms with Gasteiger partial charge in [0.1, 0.15) is 0 Å². The van der Waals surface area contributed by atoms with E-state index in [2.05, 4.69) is 16.4 Å². The lowest BCUT2D eigenvalue weighted by Crippen LogP contribution is -2.27. The highest BCUT2D eigenvalue weighted by molar-refractivity contribution is 6.13. The molecule has 1 aliphatic rings. The predicted octanol–water partition coefficient (Wildman–Crippen LogP) is 4.05. The van der Waals surface area contributed by atoms with Crippen LogP contribution in [0.2, 0.25) is 0 Å². The second-order valence-electron chi connectivity index (χ2n) is 5.86. The van der Waals surface area contributed by atoms with E-state index in [4.69, 9.17) is 0 Å². The zero-order valence-electron chi connectivity index (χ0n) is 12.0. The molecule has 4 heteroatoms. The molecule has 1 heterocycles. The van der Waals surface area contributed by atoms with E-state index in [1.807, 2.05) is 18.3 Å². The number of pyridine rings is 1. The Morgan fingerprint density at radius 3 is 2.73 bits per heavy atom. The summed E-state index contributed by atoms with van der Waals surface area (Å²) in [6, 6.07) is 9.85. The van der Waals surface area contributed by atoms with Gasteiger partial charge in [-0.15, -0.1) is 0 Å². The topological polar surface area (TPSA) is 62.2 Å². The van der Waals surface area contributed by atoms with Crippen LogP contribution in [0.15, 0.2) is 42.7 Å². The first kappa shape index (κ1) is 13.1. The smallest absolute Gasteiger partial charge is 0.335 e. The van der Waals surface area contributed by atoms with Gasteiger partial charge < -0.3 is 10.4 Å². The van der Waals surface area contributed by atoms with Crippen LogP contribution in [0.5, 0.6) is 0 Å². The van der Waals surface area contributed by atoms with E-state index in [9.17, 15) is 9.90 Å². The van der Waals surface area contributed by atoms with Crippen molar-refractivity contribution in [1.82, 2.24) is 4.98 Å². The Bertz CT molecular complexity index is 885. The van der Waals surface area contributed by atoms with Gasteiger partial charge in [-0.3, -0.25) is 4.98 Å². The first-order chi connectivity index (χ1) is 10.7. The number of nitrogens with zero attached hydrogens (tertiary/aromatic N) is 1. The summed E-state index contributed by atoms with van der Waals surface area (Å²) in [5.41, 5.74) is 1.38. The molecule has 4 rings (SSSR count). The highest BCUT2D eigenvalue weighted by atomic mass is 16.4. The van der Waals surface area contributed by atoms with Crippen molar-refractivity contribution in [2.75, 3.05) is 5.32 Å². The zero-order chi connectivity index (χ0) is 15.1. The third-order valence-electron chi connectivity index (χ3n) is 4.46. The lowest BCUT2D eigenvalue weighted by Gasteiger charge is -2.28. The Labute approximate surface area is 127 Å². The number of benzene rings is 2. The van der Waals surface area contributed by atoms with E-state index in [1.165, 1.54) is 19.3 Å². The number of carbonyl (C=O) groups is 1. The average molecular weight is 292 g/mol. The van der Waals surface area contributed by atoms with Crippen LogP contribution in [0, 0.1) is 0 Å². The highest BCUT2D eigenvalue weighted by Gasteiger charge is 2.18. The summed E-state index contributed by atoms with van der Waals surface area (Å²) in [5.74, 6) is -0.901. The standard InChI is InChI=1S/C18H16N2O2/c21-18(22)11-4-5-14-12(8-11)9-17(20-13-2-1-3-13)15-6-7-19-10-16(14)15/h4-10,13,20H,1-3H2,(H,21,22). The van der Waals surface area contributed by atoms with Crippen LogP contribution < -0.4 is 5.32 Å². The number of nitrogens with one attached hydrogen (secondary N) is 1. The lowest BCUT2D eigenvalue weighted by molar-refractivity contribution is 0.0697. The average Bonchev–Trinajstić information content (AvgIpc) is 2.50. The molecule has 0 atom stereocenters. The van der Waals surface area contributed by atoms with Crippen molar-refractivity contribution in [3.8, 4) is 0 Å². The molecule has 1 fully saturated rings. The van der Waals surface area contributed by atoms with Gasteiger partial charge in [-0.2, -0.15) is 0 Å². The number of anilines is 1. The van der Waals surface area contributed by atoms with Gasteiger partial charge in [0.25, 0.3) is 0 Å². The molecule has 0 amide bonds. The van der Waals surface area contributed by atoms with Crippen molar-refractivity contribution in [1.29, 1.82) is 0 Å². The van der Waals surface area contributed by atoms with Gasteiger partial charge in [0.2, 0.25) is 0 Å². The van der Waals surface area contributed by atoms with E-state index in [-0.39, 0.29) is 0 Å². The number of aromatic nitrogens is 1. The van der Waals surface area contributed by atoms with E-state index in [1.54, 1.807) is 18.3 Å². The molecule has 0 unspecified atom stereocenters. The van der Waals surface area contributed by atoms with Crippen molar-refractivity contribution < 1.29 is 9.90 Å². The van der Waals surface area contributed by atoms with E-state index < -0.39 is 5.97 Å². The molecule has 0 aliphatic heterocycles. The number of aromatic carboxylic acids is 1. The fourth-order valence-corrected chi connectivity index (χ4v) is 3.03. The molecule has 0 spiro atoms. The Hall–Kier alpha value is -2.62. The molecule has 4 nitrogen and oxygen atoms in total. The third-order valence-corrected chi connectivity index (χ3v) is 4.46. The summed E-state index contributed by atoms with van der Waals surface area (Å²) >= 11 is 0. The summed E-state index contributed by atoms with van der Waals surface area (Å²) in [7, 11) is 0. The molecule has 1 aliphatic carbocycles. The lowest BCUT2D eigenvalue weighted by atomic mass is 9.92. The Balaban J connectivity index is 1.96. The van der Waals surface area contributed by atoms with Gasteiger partial charge in [-0.1, -0.05) is 6.07 Å². The number of fused-ring (bicyclic) bond motifs is 3. The second kappa shape index (κ2) is 4.98. The number of carboxylic acids is 1. The van der Waals surface area contributed by atoms with Crippen LogP contribution in [-0.2, 0) is 0 Å². The molecule has 0 radical (unpaired) electrons. The van der Waals surface area contributed by atoms with Gasteiger partial charge in [0, 0.05) is 34.9 Å². The second-order valence-corrected chi connectivity index (χ2v) is 5.86. The van der Waals surface area contributed by atoms with Crippen LogP contribution >= 0.6 is 0 Å². The van der Waals surface area contributed by atoms with Crippen LogP contribution in [0.25, 0.3) is 21.5 Å². The quantitative estimate of drug-likeness (QED) is 0.715. The minimum absolute atomic E-state index is 0.310. The Morgan fingerprint density at radius 2 is 2.00 bits per heavy atom. The first-order valence-corrected chi connectivity index (χ1v) is 7.53. The van der Waals surface area contributed by atoms with Crippen molar-refractivity contribution in [3.63, 3.8) is 0 Å². The van der Waals surface area contributed by atoms with Gasteiger partial charge in [-0.25, -0.2) is 4.79 Å². The van der Waals surface area contributed by atoms with Gasteiger partial charge in [-0.05, 0) is 54.3 Å². The maximum absolute atomic E-state index is 11.2. The van der Waals surface area contributed by atoms with Crippen LogP contribution in [0.1, 0.15) is 29.6 Å². The van der Waals surface area contributed by atoms with Crippen LogP contribution in [0.3, 0.4) is 0 Å². The fourth-order valence-electron chi connectivity index (χ4n) is 3.03. The molecular weight excluding hydrogens is 276 g/mol. The number of hydrogen-bond donors (Lipinski definition) is 2. The van der Waals surface area contributed by atoms with Gasteiger partial charge >= 0.3 is 5.97 Å². The maximum atomic E-state index is 11.2. The first-order valence-electron chi connectivity index (χ1n) is 7.53. The maximum Gasteiger partial charge on any atom is 0.335 e. The monoisotopic (exact) mass is 292 g/mol. The van der Waals surface area contributed by atoms with E-state index >= 15 is 0 Å². The molecule has 2 N–H and O–H groups in total. The number of carboxylic acid groups (broad SMARTS) is 1. The summed E-state index contributed by atoms with van der Waals surface area (Å²) in [4.78, 5) is 15.4. The van der Waals surface area contributed by atoms with Crippen molar-refractivity contribution in [2.45, 2.75) is 25.3 Å². The van der Waals surface area contributed by atoms with E-state index in [0.29, 0.717) is 11.6 Å². The molecule has 110 valence electrons. The Kier molecular flexibility index (Phi) is 2.96. The Morgan fingerprint density at radius 1 is 1.14 bits per heavy atom. The molecule has 22 heavy (non-hydrogen) atoms. The fraction of sp³-hybridized carbons (Fsp3) is 0.222. The zero-order valence-corrected chi connectivity index (χ0v) is 12.0. The SMILES string of the molecule is O=C(O)c1ccc2c(c1)cc(NC1CCC1)c1ccncc12. The summed E-state index contributed by atoms with van der Waals surface area (Å²) in [6.45, 7) is 0. The molecule has 1 aromatic heterocycles. The van der Waals surface area contributed by atoms with Crippen molar-refractivity contribution >= 4 is 33.2 Å². The highest BCUT2D eigenvalue weighted by Crippen LogP contribution is 2.34. The normalized spacial score (nSPS) is 14.9. The number of hydrogen-bond acceptors (Lipinski definition) is 3. The predicted molar refractivity (Wildman–Crippen MR) is 87.5 cm³/mol. The molecular formula is C18H16N2O2. The van der Waals surface area contributed by atoms with Crippen molar-refractivity contribution in [2.24, 2.45) is 0 Å². The third kappa shape index (κ3) is 2.08. The van der Waals surface area contributed by atoms with Crippen LogP contribution in [0.4, 0.5) is 5.69 Å². The minimum atomic E-state index is -0.901. The summed E-state index contributed by atoms with van der Waals surface area (Å²) < 4.78 is 0. The largest absolute Gasteiger partial charge is 0.478 e.